The van der Waals surface area contributed by atoms with Gasteiger partial charge >= 0.3 is 0 Å². The molecule has 1 atom stereocenters. The predicted octanol–water partition coefficient (Wildman–Crippen LogP) is 4.76. The van der Waals surface area contributed by atoms with Crippen LogP contribution in [0.5, 0.6) is 5.75 Å². The van der Waals surface area contributed by atoms with E-state index in [0.717, 1.165) is 19.1 Å². The molecule has 0 bridgehead atoms. The Hall–Kier alpha value is -2.85. The van der Waals surface area contributed by atoms with Gasteiger partial charge in [-0.1, -0.05) is 44.0 Å². The van der Waals surface area contributed by atoms with Crippen molar-refractivity contribution in [2.75, 3.05) is 30.8 Å². The van der Waals surface area contributed by atoms with Crippen LogP contribution in [0.4, 0.5) is 10.1 Å². The molecule has 0 fully saturated rings. The predicted molar refractivity (Wildman–Crippen MR) is 148 cm³/mol. The first-order valence-corrected chi connectivity index (χ1v) is 14.9. The molecule has 2 aromatic carbocycles. The molecule has 11 heteroatoms. The Morgan fingerprint density at radius 1 is 1.11 bits per heavy atom. The lowest BCUT2D eigenvalue weighted by molar-refractivity contribution is -0.141. The number of nitrogens with one attached hydrogen (secondary N) is 1. The van der Waals surface area contributed by atoms with Crippen LogP contribution in [0.25, 0.3) is 0 Å². The molecule has 2 rings (SSSR count). The first kappa shape index (κ1) is 31.4. The number of carbonyl (C=O) groups is 2. The summed E-state index contributed by atoms with van der Waals surface area (Å²) in [6, 6.07) is 9.73. The minimum Gasteiger partial charge on any atom is -0.495 e. The third kappa shape index (κ3) is 9.16. The van der Waals surface area contributed by atoms with E-state index in [1.807, 2.05) is 13.8 Å². The number of benzene rings is 2. The molecule has 2 aromatic rings. The van der Waals surface area contributed by atoms with E-state index in [1.54, 1.807) is 24.3 Å². The number of rotatable bonds is 15. The van der Waals surface area contributed by atoms with Gasteiger partial charge in [-0.15, -0.1) is 0 Å². The van der Waals surface area contributed by atoms with E-state index >= 15 is 0 Å². The fraction of sp³-hybridized carbons (Fsp3) is 0.481. The second-order valence-corrected chi connectivity index (χ2v) is 11.3. The number of sulfonamides is 1. The number of hydrogen-bond acceptors (Lipinski definition) is 5. The Kier molecular flexibility index (Phi) is 12.3. The Balaban J connectivity index is 2.21. The highest BCUT2D eigenvalue weighted by Gasteiger charge is 2.29. The first-order valence-electron chi connectivity index (χ1n) is 12.6. The van der Waals surface area contributed by atoms with Crippen LogP contribution in [0.3, 0.4) is 0 Å². The van der Waals surface area contributed by atoms with Crippen LogP contribution in [0.2, 0.25) is 5.02 Å². The van der Waals surface area contributed by atoms with Gasteiger partial charge in [0.1, 0.15) is 17.6 Å². The van der Waals surface area contributed by atoms with Gasteiger partial charge in [-0.25, -0.2) is 12.8 Å². The van der Waals surface area contributed by atoms with Gasteiger partial charge < -0.3 is 15.0 Å². The van der Waals surface area contributed by atoms with Crippen molar-refractivity contribution < 1.29 is 27.1 Å². The highest BCUT2D eigenvalue weighted by molar-refractivity contribution is 7.92. The van der Waals surface area contributed by atoms with E-state index in [2.05, 4.69) is 5.32 Å². The van der Waals surface area contributed by atoms with Crippen LogP contribution in [0.15, 0.2) is 42.5 Å². The number of nitrogens with zero attached hydrogens (tertiary/aromatic N) is 2. The molecule has 38 heavy (non-hydrogen) atoms. The van der Waals surface area contributed by atoms with E-state index in [-0.39, 0.29) is 42.8 Å². The quantitative estimate of drug-likeness (QED) is 0.312. The Morgan fingerprint density at radius 3 is 2.34 bits per heavy atom. The van der Waals surface area contributed by atoms with Crippen molar-refractivity contribution in [3.63, 3.8) is 0 Å². The van der Waals surface area contributed by atoms with Crippen LogP contribution in [-0.4, -0.2) is 57.6 Å². The largest absolute Gasteiger partial charge is 0.495 e. The van der Waals surface area contributed by atoms with Crippen LogP contribution >= 0.6 is 11.6 Å². The van der Waals surface area contributed by atoms with E-state index in [0.29, 0.717) is 30.0 Å². The Labute approximate surface area is 230 Å². The zero-order valence-corrected chi connectivity index (χ0v) is 23.9. The number of amides is 2. The summed E-state index contributed by atoms with van der Waals surface area (Å²) in [4.78, 5) is 27.9. The molecule has 1 N–H and O–H groups in total. The molecule has 2 amide bonds. The maximum atomic E-state index is 13.4. The lowest BCUT2D eigenvalue weighted by atomic mass is 10.1. The van der Waals surface area contributed by atoms with Gasteiger partial charge in [0.15, 0.2) is 0 Å². The number of methoxy groups -OCH3 is 1. The third-order valence-corrected chi connectivity index (χ3v) is 7.55. The lowest BCUT2D eigenvalue weighted by Gasteiger charge is -2.31. The fourth-order valence-electron chi connectivity index (χ4n) is 4.03. The van der Waals surface area contributed by atoms with Crippen LogP contribution in [-0.2, 0) is 26.2 Å². The molecule has 0 saturated heterocycles. The average Bonchev–Trinajstić information content (AvgIpc) is 2.87. The number of ether oxygens (including phenoxy) is 1. The number of hydrogen-bond donors (Lipinski definition) is 1. The molecule has 0 radical (unpaired) electrons. The van der Waals surface area contributed by atoms with Gasteiger partial charge in [-0.05, 0) is 55.2 Å². The summed E-state index contributed by atoms with van der Waals surface area (Å²) in [6.45, 7) is 4.53. The summed E-state index contributed by atoms with van der Waals surface area (Å²) in [6.07, 6.45) is 3.45. The second kappa shape index (κ2) is 14.9. The molecule has 210 valence electrons. The molecule has 0 spiro atoms. The van der Waals surface area contributed by atoms with E-state index < -0.39 is 21.9 Å². The highest BCUT2D eigenvalue weighted by Crippen LogP contribution is 2.30. The maximum absolute atomic E-state index is 13.4. The van der Waals surface area contributed by atoms with Crippen LogP contribution < -0.4 is 14.4 Å². The van der Waals surface area contributed by atoms with Crippen LogP contribution in [0.1, 0.15) is 51.5 Å². The Morgan fingerprint density at radius 2 is 1.79 bits per heavy atom. The van der Waals surface area contributed by atoms with Crippen molar-refractivity contribution in [2.24, 2.45) is 0 Å². The van der Waals surface area contributed by atoms with Crippen molar-refractivity contribution in [2.45, 2.75) is 58.5 Å². The molecule has 1 unspecified atom stereocenters. The lowest BCUT2D eigenvalue weighted by Crippen LogP contribution is -2.49. The Bertz CT molecular complexity index is 1180. The van der Waals surface area contributed by atoms with Gasteiger partial charge in [-0.2, -0.15) is 0 Å². The van der Waals surface area contributed by atoms with Gasteiger partial charge in [0.25, 0.3) is 0 Å². The van der Waals surface area contributed by atoms with Gasteiger partial charge in [0.05, 0.1) is 24.1 Å². The molecule has 0 aliphatic rings. The number of unbranched alkanes of at least 4 members (excludes halogenated alkanes) is 1. The minimum absolute atomic E-state index is 0.00976. The normalized spacial score (nSPS) is 12.1. The smallest absolute Gasteiger partial charge is 0.242 e. The van der Waals surface area contributed by atoms with E-state index in [1.165, 1.54) is 34.5 Å². The number of halogens is 2. The van der Waals surface area contributed by atoms with Crippen molar-refractivity contribution in [1.29, 1.82) is 0 Å². The molecule has 0 saturated carbocycles. The van der Waals surface area contributed by atoms with E-state index in [4.69, 9.17) is 16.3 Å². The van der Waals surface area contributed by atoms with Crippen molar-refractivity contribution >= 4 is 39.1 Å². The van der Waals surface area contributed by atoms with Gasteiger partial charge in [0, 0.05) is 26.1 Å². The summed E-state index contributed by atoms with van der Waals surface area (Å²) >= 11 is 6.19. The number of carbonyl (C=O) groups excluding carboxylic acids is 2. The third-order valence-electron chi connectivity index (χ3n) is 6.06. The number of anilines is 1. The molecule has 0 aliphatic carbocycles. The SMILES string of the molecule is CCCCNC(=O)C(CC)N(Cc1ccc(F)cc1)C(=O)CCCN(c1ccc(OC)c(Cl)c1)S(C)(=O)=O. The van der Waals surface area contributed by atoms with Gasteiger partial charge in [0.2, 0.25) is 21.8 Å². The van der Waals surface area contributed by atoms with Crippen LogP contribution in [0, 0.1) is 5.82 Å². The maximum Gasteiger partial charge on any atom is 0.242 e. The average molecular weight is 570 g/mol. The van der Waals surface area contributed by atoms with Crippen molar-refractivity contribution in [1.82, 2.24) is 10.2 Å². The topological polar surface area (TPSA) is 96.0 Å². The summed E-state index contributed by atoms with van der Waals surface area (Å²) in [5.41, 5.74) is 1.04. The zero-order valence-electron chi connectivity index (χ0n) is 22.4. The van der Waals surface area contributed by atoms with E-state index in [9.17, 15) is 22.4 Å². The molecular formula is C27H37ClFN3O5S. The minimum atomic E-state index is -3.66. The fourth-order valence-corrected chi connectivity index (χ4v) is 5.24. The summed E-state index contributed by atoms with van der Waals surface area (Å²) in [7, 11) is -2.20. The standard InChI is InChI=1S/C27H37ClFN3O5S/c1-5-7-16-30-27(34)24(6-2)31(19-20-10-12-21(29)13-11-20)26(33)9-8-17-32(38(4,35)36)22-14-15-25(37-3)23(28)18-22/h10-15,18,24H,5-9,16-17,19H2,1-4H3,(H,30,34). The summed E-state index contributed by atoms with van der Waals surface area (Å²) in [5.74, 6) is -0.524. The second-order valence-electron chi connectivity index (χ2n) is 8.97. The highest BCUT2D eigenvalue weighted by atomic mass is 35.5. The first-order chi connectivity index (χ1) is 18.0. The molecule has 0 aromatic heterocycles. The molecule has 0 aliphatic heterocycles. The molecular weight excluding hydrogens is 533 g/mol. The monoisotopic (exact) mass is 569 g/mol. The molecule has 0 heterocycles. The zero-order chi connectivity index (χ0) is 28.3. The molecule has 8 nitrogen and oxygen atoms in total. The summed E-state index contributed by atoms with van der Waals surface area (Å²) < 4.78 is 44.8. The summed E-state index contributed by atoms with van der Waals surface area (Å²) in [5, 5.41) is 3.16. The van der Waals surface area contributed by atoms with Crippen molar-refractivity contribution in [3.05, 3.63) is 58.9 Å². The van der Waals surface area contributed by atoms with Gasteiger partial charge in [-0.3, -0.25) is 13.9 Å². The van der Waals surface area contributed by atoms with Crippen molar-refractivity contribution in [3.8, 4) is 5.75 Å².